The molecule has 0 unspecified atom stereocenters. The molecule has 3 aliphatic carbocycles. The molecule has 0 N–H and O–H groups in total. The third-order valence-corrected chi connectivity index (χ3v) is 9.88. The van der Waals surface area contributed by atoms with Crippen molar-refractivity contribution in [2.75, 3.05) is 16.3 Å². The number of hydrogen-bond donors (Lipinski definition) is 0. The highest BCUT2D eigenvalue weighted by atomic mass is 16.5. The van der Waals surface area contributed by atoms with E-state index in [1.165, 1.54) is 4.90 Å². The van der Waals surface area contributed by atoms with Gasteiger partial charge in [-0.2, -0.15) is 0 Å². The molecule has 218 valence electrons. The molecule has 7 nitrogen and oxygen atoms in total. The van der Waals surface area contributed by atoms with Gasteiger partial charge in [-0.05, 0) is 77.6 Å². The monoisotopic (exact) mass is 582 g/mol. The first-order chi connectivity index (χ1) is 21.3. The number of hydrogen-bond acceptors (Lipinski definition) is 5. The van der Waals surface area contributed by atoms with E-state index < -0.39 is 23.7 Å². The van der Waals surface area contributed by atoms with Gasteiger partial charge in [0.2, 0.25) is 17.7 Å². The van der Waals surface area contributed by atoms with Crippen molar-refractivity contribution in [3.63, 3.8) is 0 Å². The van der Waals surface area contributed by atoms with Crippen LogP contribution in [0.3, 0.4) is 0 Å². The fraction of sp³-hybridized carbons (Fsp3) is 0.243. The summed E-state index contributed by atoms with van der Waals surface area (Å²) in [6, 6.07) is 28.8. The number of imide groups is 1. The molecule has 2 aliphatic heterocycles. The zero-order valence-corrected chi connectivity index (χ0v) is 24.4. The molecular weight excluding hydrogens is 552 g/mol. The maximum atomic E-state index is 14.0. The van der Waals surface area contributed by atoms with Crippen molar-refractivity contribution in [3.05, 3.63) is 124 Å². The molecule has 2 heterocycles. The van der Waals surface area contributed by atoms with Crippen molar-refractivity contribution in [1.82, 2.24) is 0 Å². The summed E-state index contributed by atoms with van der Waals surface area (Å²) in [6.45, 7) is 4.17. The number of benzene rings is 4. The fourth-order valence-electron chi connectivity index (χ4n) is 7.90. The van der Waals surface area contributed by atoms with Crippen LogP contribution in [0.1, 0.15) is 51.6 Å². The van der Waals surface area contributed by atoms with Gasteiger partial charge < -0.3 is 9.64 Å². The lowest BCUT2D eigenvalue weighted by Crippen LogP contribution is -2.41. The third-order valence-electron chi connectivity index (χ3n) is 9.88. The van der Waals surface area contributed by atoms with Gasteiger partial charge in [-0.15, -0.1) is 0 Å². The number of carbonyl (C=O) groups excluding carboxylic acids is 4. The van der Waals surface area contributed by atoms with Crippen LogP contribution < -0.4 is 14.5 Å². The van der Waals surface area contributed by atoms with Crippen LogP contribution in [0.15, 0.2) is 91.0 Å². The molecule has 0 saturated carbocycles. The van der Waals surface area contributed by atoms with E-state index in [1.807, 2.05) is 56.3 Å². The highest BCUT2D eigenvalue weighted by Gasteiger charge is 2.61. The summed E-state index contributed by atoms with van der Waals surface area (Å²) in [6.07, 6.45) is 0.0803. The zero-order chi connectivity index (χ0) is 30.3. The Morgan fingerprint density at radius 3 is 1.82 bits per heavy atom. The minimum absolute atomic E-state index is 0.0803. The van der Waals surface area contributed by atoms with Crippen molar-refractivity contribution in [3.8, 4) is 5.75 Å². The predicted molar refractivity (Wildman–Crippen MR) is 164 cm³/mol. The van der Waals surface area contributed by atoms with Crippen molar-refractivity contribution in [2.24, 2.45) is 17.8 Å². The van der Waals surface area contributed by atoms with Gasteiger partial charge >= 0.3 is 5.97 Å². The predicted octanol–water partition coefficient (Wildman–Crippen LogP) is 5.66. The number of amides is 3. The fourth-order valence-corrected chi connectivity index (χ4v) is 7.90. The molecule has 2 fully saturated rings. The quantitative estimate of drug-likeness (QED) is 0.176. The lowest BCUT2D eigenvalue weighted by molar-refractivity contribution is -0.139. The van der Waals surface area contributed by atoms with Gasteiger partial charge in [-0.3, -0.25) is 19.2 Å². The number of esters is 1. The molecule has 5 aliphatic rings. The summed E-state index contributed by atoms with van der Waals surface area (Å²) in [5.41, 5.74) is 7.80. The standard InChI is InChI=1S/C37H30N2O5/c1-20-11-12-21(2)29(17-20)38-19-22(18-30(38)40)37(43)44-24-15-13-23(14-16-24)39-35(41)33-31-25-7-3-4-8-26(25)32(34(33)36(39)42)28-10-6-5-9-27(28)31/h3-17,22,31-34H,18-19H2,1-2H3/t22-,31?,32?,33-,34+/m0/s1. The second kappa shape index (κ2) is 9.74. The third kappa shape index (κ3) is 3.81. The molecule has 3 amide bonds. The molecule has 0 spiro atoms. The second-order valence-corrected chi connectivity index (χ2v) is 12.4. The lowest BCUT2D eigenvalue weighted by atomic mass is 9.55. The molecule has 4 aromatic rings. The number of carbonyl (C=O) groups is 4. The minimum atomic E-state index is -0.592. The largest absolute Gasteiger partial charge is 0.426 e. The van der Waals surface area contributed by atoms with Crippen LogP contribution in [0.2, 0.25) is 0 Å². The molecule has 9 rings (SSSR count). The van der Waals surface area contributed by atoms with Crippen LogP contribution in [0.5, 0.6) is 5.75 Å². The molecule has 7 heteroatoms. The molecule has 2 bridgehead atoms. The second-order valence-electron chi connectivity index (χ2n) is 12.4. The van der Waals surface area contributed by atoms with E-state index >= 15 is 0 Å². The summed E-state index contributed by atoms with van der Waals surface area (Å²) in [5, 5.41) is 0. The number of ether oxygens (including phenoxy) is 1. The molecule has 44 heavy (non-hydrogen) atoms. The summed E-state index contributed by atoms with van der Waals surface area (Å²) in [5.74, 6) is -2.54. The van der Waals surface area contributed by atoms with Crippen LogP contribution in [-0.2, 0) is 19.2 Å². The summed E-state index contributed by atoms with van der Waals surface area (Å²) in [4.78, 5) is 56.9. The topological polar surface area (TPSA) is 84.0 Å². The first-order valence-electron chi connectivity index (χ1n) is 15.1. The Hall–Kier alpha value is -5.04. The minimum Gasteiger partial charge on any atom is -0.426 e. The van der Waals surface area contributed by atoms with Gasteiger partial charge in [0.15, 0.2) is 0 Å². The van der Waals surface area contributed by atoms with Crippen molar-refractivity contribution < 1.29 is 23.9 Å². The van der Waals surface area contributed by atoms with Crippen LogP contribution in [0.4, 0.5) is 11.4 Å². The maximum absolute atomic E-state index is 14.0. The number of aryl methyl sites for hydroxylation is 2. The van der Waals surface area contributed by atoms with Crippen LogP contribution in [0, 0.1) is 31.6 Å². The van der Waals surface area contributed by atoms with Crippen LogP contribution in [-0.4, -0.2) is 30.2 Å². The highest BCUT2D eigenvalue weighted by molar-refractivity contribution is 6.23. The smallest absolute Gasteiger partial charge is 0.316 e. The Kier molecular flexibility index (Phi) is 5.88. The summed E-state index contributed by atoms with van der Waals surface area (Å²) >= 11 is 0. The average Bonchev–Trinajstić information content (AvgIpc) is 3.55. The van der Waals surface area contributed by atoms with E-state index in [2.05, 4.69) is 24.3 Å². The number of rotatable bonds is 4. The van der Waals surface area contributed by atoms with E-state index in [0.717, 1.165) is 39.1 Å². The molecule has 2 saturated heterocycles. The van der Waals surface area contributed by atoms with Crippen LogP contribution in [0.25, 0.3) is 0 Å². The molecule has 0 radical (unpaired) electrons. The Balaban J connectivity index is 1.02. The average molecular weight is 583 g/mol. The Bertz CT molecular complexity index is 1780. The van der Waals surface area contributed by atoms with E-state index in [9.17, 15) is 19.2 Å². The Labute approximate surface area is 255 Å². The van der Waals surface area contributed by atoms with Crippen molar-refractivity contribution in [1.29, 1.82) is 0 Å². The SMILES string of the molecule is Cc1ccc(C)c(N2C[C@@H](C(=O)Oc3ccc(N4C(=O)[C@@H]5C6c7ccccc7C(c7ccccc76)[C@@H]5C4=O)cc3)CC2=O)c1. The van der Waals surface area contributed by atoms with Crippen LogP contribution >= 0.6 is 0 Å². The first-order valence-corrected chi connectivity index (χ1v) is 15.1. The van der Waals surface area contributed by atoms with E-state index in [0.29, 0.717) is 11.4 Å². The summed E-state index contributed by atoms with van der Waals surface area (Å²) in [7, 11) is 0. The highest BCUT2D eigenvalue weighted by Crippen LogP contribution is 2.61. The molecule has 0 aromatic heterocycles. The zero-order valence-electron chi connectivity index (χ0n) is 24.4. The van der Waals surface area contributed by atoms with Crippen molar-refractivity contribution in [2.45, 2.75) is 32.1 Å². The summed E-state index contributed by atoms with van der Waals surface area (Å²) < 4.78 is 5.67. The first kappa shape index (κ1) is 26.6. The van der Waals surface area contributed by atoms with Gasteiger partial charge in [0.25, 0.3) is 0 Å². The number of nitrogens with zero attached hydrogens (tertiary/aromatic N) is 2. The normalized spacial score (nSPS) is 24.8. The van der Waals surface area contributed by atoms with Gasteiger partial charge in [0.1, 0.15) is 5.75 Å². The Morgan fingerprint density at radius 2 is 1.27 bits per heavy atom. The van der Waals surface area contributed by atoms with Gasteiger partial charge in [0, 0.05) is 30.5 Å². The van der Waals surface area contributed by atoms with E-state index in [1.54, 1.807) is 29.2 Å². The van der Waals surface area contributed by atoms with E-state index in [4.69, 9.17) is 4.74 Å². The number of anilines is 2. The Morgan fingerprint density at radius 1 is 0.727 bits per heavy atom. The van der Waals surface area contributed by atoms with Gasteiger partial charge in [-0.1, -0.05) is 60.7 Å². The van der Waals surface area contributed by atoms with Crippen molar-refractivity contribution >= 4 is 35.1 Å². The maximum Gasteiger partial charge on any atom is 0.316 e. The molecule has 3 atom stereocenters. The molecular formula is C37H30N2O5. The van der Waals surface area contributed by atoms with Gasteiger partial charge in [-0.25, -0.2) is 4.90 Å². The lowest BCUT2D eigenvalue weighted by Gasteiger charge is -2.45. The van der Waals surface area contributed by atoms with E-state index in [-0.39, 0.29) is 42.5 Å². The molecule has 4 aromatic carbocycles. The van der Waals surface area contributed by atoms with Gasteiger partial charge in [0.05, 0.1) is 23.4 Å².